The van der Waals surface area contributed by atoms with E-state index in [9.17, 15) is 22.8 Å². The van der Waals surface area contributed by atoms with Gasteiger partial charge in [-0.3, -0.25) is 9.79 Å². The van der Waals surface area contributed by atoms with Gasteiger partial charge in [0.1, 0.15) is 0 Å². The maximum Gasteiger partial charge on any atom is 0.416 e. The molecule has 2 rings (SSSR count). The van der Waals surface area contributed by atoms with Crippen LogP contribution in [0.15, 0.2) is 52.9 Å². The molecule has 7 nitrogen and oxygen atoms in total. The van der Waals surface area contributed by atoms with Crippen molar-refractivity contribution < 1.29 is 18.0 Å². The van der Waals surface area contributed by atoms with Gasteiger partial charge in [0.15, 0.2) is 5.82 Å². The molecule has 0 radical (unpaired) electrons. The summed E-state index contributed by atoms with van der Waals surface area (Å²) in [5.74, 6) is 0.142. The van der Waals surface area contributed by atoms with Gasteiger partial charge < -0.3 is 5.32 Å². The van der Waals surface area contributed by atoms with Crippen molar-refractivity contribution in [2.24, 2.45) is 10.4 Å². The van der Waals surface area contributed by atoms with Crippen LogP contribution in [-0.4, -0.2) is 38.9 Å². The molecule has 0 unspecified atom stereocenters. The Hall–Kier alpha value is -3.14. The summed E-state index contributed by atoms with van der Waals surface area (Å²) in [4.78, 5) is 29.0. The predicted octanol–water partition coefficient (Wildman–Crippen LogP) is 4.05. The van der Waals surface area contributed by atoms with Crippen LogP contribution in [0.1, 0.15) is 32.2 Å². The Labute approximate surface area is 194 Å². The fraction of sp³-hybridized carbons (Fsp3) is 0.364. The molecular weight excluding hydrogens is 459 g/mol. The molecule has 1 N–H and O–H groups in total. The zero-order valence-electron chi connectivity index (χ0n) is 18.5. The third kappa shape index (κ3) is 6.92. The van der Waals surface area contributed by atoms with Crippen molar-refractivity contribution >= 4 is 29.3 Å². The second-order valence-corrected chi connectivity index (χ2v) is 8.35. The number of nitrogens with zero attached hydrogens (tertiary/aromatic N) is 4. The number of nitrogens with one attached hydrogen (secondary N) is 1. The summed E-state index contributed by atoms with van der Waals surface area (Å²) < 4.78 is 41.1. The molecule has 1 aromatic heterocycles. The number of allylic oxidation sites excluding steroid dienone is 2. The van der Waals surface area contributed by atoms with Crippen molar-refractivity contribution in [1.82, 2.24) is 19.7 Å². The number of benzene rings is 1. The van der Waals surface area contributed by atoms with Gasteiger partial charge in [0.25, 0.3) is 0 Å². The topological polar surface area (TPSA) is 81.3 Å². The fourth-order valence-corrected chi connectivity index (χ4v) is 2.72. The first kappa shape index (κ1) is 26.1. The maximum absolute atomic E-state index is 13.0. The summed E-state index contributed by atoms with van der Waals surface area (Å²) in [5.41, 5.74) is -1.54. The molecule has 0 aliphatic carbocycles. The van der Waals surface area contributed by atoms with Crippen molar-refractivity contribution in [2.75, 3.05) is 12.4 Å². The number of carbonyl (C=O) groups excluding carboxylic acids is 1. The average molecular weight is 484 g/mol. The van der Waals surface area contributed by atoms with Gasteiger partial charge in [-0.25, -0.2) is 14.0 Å². The van der Waals surface area contributed by atoms with Crippen LogP contribution in [0, 0.1) is 5.41 Å². The van der Waals surface area contributed by atoms with E-state index in [-0.39, 0.29) is 36.4 Å². The molecule has 178 valence electrons. The van der Waals surface area contributed by atoms with Crippen molar-refractivity contribution in [1.29, 1.82) is 0 Å². The van der Waals surface area contributed by atoms with Crippen LogP contribution >= 0.6 is 11.6 Å². The van der Waals surface area contributed by atoms with Crippen LogP contribution in [0.5, 0.6) is 0 Å². The molecule has 0 aliphatic rings. The highest BCUT2D eigenvalue weighted by molar-refractivity contribution is 6.24. The van der Waals surface area contributed by atoms with Gasteiger partial charge in [0.05, 0.1) is 23.7 Å². The Balaban J connectivity index is 2.42. The maximum atomic E-state index is 13.0. The van der Waals surface area contributed by atoms with Gasteiger partial charge in [0, 0.05) is 29.9 Å². The number of aliphatic imine (C=N–C) groups is 1. The Morgan fingerprint density at radius 1 is 1.24 bits per heavy atom. The highest BCUT2D eigenvalue weighted by atomic mass is 35.5. The Kier molecular flexibility index (Phi) is 8.43. The number of amides is 1. The van der Waals surface area contributed by atoms with E-state index in [1.54, 1.807) is 20.8 Å². The van der Waals surface area contributed by atoms with Crippen LogP contribution in [0.25, 0.3) is 11.3 Å². The molecule has 11 heteroatoms. The molecule has 0 aliphatic heterocycles. The van der Waals surface area contributed by atoms with E-state index >= 15 is 0 Å². The molecule has 1 heterocycles. The first-order valence-electron chi connectivity index (χ1n) is 9.95. The monoisotopic (exact) mass is 483 g/mol. The largest absolute Gasteiger partial charge is 0.416 e. The predicted molar refractivity (Wildman–Crippen MR) is 123 cm³/mol. The minimum absolute atomic E-state index is 0.0582. The Morgan fingerprint density at radius 3 is 2.42 bits per heavy atom. The molecule has 0 saturated heterocycles. The molecule has 2 aromatic rings. The van der Waals surface area contributed by atoms with E-state index in [1.165, 1.54) is 30.6 Å². The molecule has 1 amide bonds. The van der Waals surface area contributed by atoms with Gasteiger partial charge in [-0.05, 0) is 30.3 Å². The van der Waals surface area contributed by atoms with Crippen LogP contribution in [-0.2, 0) is 17.5 Å². The zero-order valence-corrected chi connectivity index (χ0v) is 19.2. The molecule has 0 bridgehead atoms. The standard InChI is InChI=1S/C22H25ClF3N5O2/c1-15(9-11-27-12-10-23)18-29-30(14-13-28-19(32)21(2,3)4)20(33)31(18)17-7-5-16(6-8-17)22(24,25)26/h5-9,11-12H,1,10,13-14H2,2-4H3,(H,28,32)/b11-9-,27-12?. The van der Waals surface area contributed by atoms with Crippen molar-refractivity contribution in [3.8, 4) is 5.69 Å². The first-order chi connectivity index (χ1) is 15.4. The van der Waals surface area contributed by atoms with Crippen LogP contribution < -0.4 is 11.0 Å². The number of halogens is 4. The summed E-state index contributed by atoms with van der Waals surface area (Å²) in [7, 11) is 0. The Morgan fingerprint density at radius 2 is 1.88 bits per heavy atom. The number of aromatic nitrogens is 3. The van der Waals surface area contributed by atoms with E-state index in [2.05, 4.69) is 22.0 Å². The lowest BCUT2D eigenvalue weighted by molar-refractivity contribution is -0.137. The van der Waals surface area contributed by atoms with Crippen molar-refractivity contribution in [3.63, 3.8) is 0 Å². The van der Waals surface area contributed by atoms with Crippen LogP contribution in [0.4, 0.5) is 13.2 Å². The summed E-state index contributed by atoms with van der Waals surface area (Å²) in [6, 6.07) is 4.14. The summed E-state index contributed by atoms with van der Waals surface area (Å²) in [6.07, 6.45) is -0.148. The van der Waals surface area contributed by atoms with E-state index < -0.39 is 22.8 Å². The molecular formula is C22H25ClF3N5O2. The second-order valence-electron chi connectivity index (χ2n) is 8.04. The minimum atomic E-state index is -4.51. The van der Waals surface area contributed by atoms with E-state index in [1.807, 2.05) is 0 Å². The zero-order chi connectivity index (χ0) is 24.8. The molecule has 0 saturated carbocycles. The second kappa shape index (κ2) is 10.7. The molecule has 33 heavy (non-hydrogen) atoms. The van der Waals surface area contributed by atoms with Gasteiger partial charge >= 0.3 is 11.9 Å². The summed E-state index contributed by atoms with van der Waals surface area (Å²) in [6.45, 7) is 9.36. The number of carbonyl (C=O) groups is 1. The van der Waals surface area contributed by atoms with E-state index in [4.69, 9.17) is 11.6 Å². The number of hydrogen-bond donors (Lipinski definition) is 1. The van der Waals surface area contributed by atoms with Gasteiger partial charge in [-0.15, -0.1) is 16.7 Å². The van der Waals surface area contributed by atoms with Crippen LogP contribution in [0.2, 0.25) is 0 Å². The van der Waals surface area contributed by atoms with Gasteiger partial charge in [-0.2, -0.15) is 13.2 Å². The van der Waals surface area contributed by atoms with Gasteiger partial charge in [0.2, 0.25) is 5.91 Å². The van der Waals surface area contributed by atoms with Crippen LogP contribution in [0.3, 0.4) is 0 Å². The highest BCUT2D eigenvalue weighted by Crippen LogP contribution is 2.29. The smallest absolute Gasteiger partial charge is 0.354 e. The highest BCUT2D eigenvalue weighted by Gasteiger charge is 2.30. The molecule has 0 fully saturated rings. The lowest BCUT2D eigenvalue weighted by atomic mass is 9.96. The van der Waals surface area contributed by atoms with Crippen molar-refractivity contribution in [2.45, 2.75) is 33.5 Å². The molecule has 1 aromatic carbocycles. The van der Waals surface area contributed by atoms with Crippen molar-refractivity contribution in [3.05, 3.63) is 65.0 Å². The molecule has 0 atom stereocenters. The lowest BCUT2D eigenvalue weighted by Crippen LogP contribution is -2.38. The SMILES string of the molecule is C=C(/C=C\N=CCCl)c1nn(CCNC(=O)C(C)(C)C)c(=O)n1-c1ccc(C(F)(F)F)cc1. The van der Waals surface area contributed by atoms with E-state index in [0.717, 1.165) is 21.4 Å². The first-order valence-corrected chi connectivity index (χ1v) is 10.5. The number of rotatable bonds is 8. The van der Waals surface area contributed by atoms with Gasteiger partial charge in [-0.1, -0.05) is 27.4 Å². The number of hydrogen-bond acceptors (Lipinski definition) is 4. The third-order valence-corrected chi connectivity index (χ3v) is 4.54. The Bertz CT molecular complexity index is 1110. The quantitative estimate of drug-likeness (QED) is 0.349. The minimum Gasteiger partial charge on any atom is -0.354 e. The molecule has 0 spiro atoms. The average Bonchev–Trinajstić information content (AvgIpc) is 3.06. The third-order valence-electron chi connectivity index (χ3n) is 4.41. The summed E-state index contributed by atoms with van der Waals surface area (Å²) >= 11 is 5.53. The summed E-state index contributed by atoms with van der Waals surface area (Å²) in [5, 5.41) is 7.01. The normalized spacial score (nSPS) is 12.6. The number of alkyl halides is 4. The fourth-order valence-electron chi connectivity index (χ4n) is 2.64. The lowest BCUT2D eigenvalue weighted by Gasteiger charge is -2.17. The van der Waals surface area contributed by atoms with E-state index in [0.29, 0.717) is 5.57 Å².